The Labute approximate surface area is 136 Å². The molecule has 2 rings (SSSR count). The quantitative estimate of drug-likeness (QED) is 0.809. The molecule has 7 nitrogen and oxygen atoms in total. The molecule has 0 aliphatic carbocycles. The molecular formula is C16H25N5O2. The standard InChI is InChI=1S/C16H25N5O2/c1-5-16(6-2,7-8-22)10-17-14(23)13-19-15-18-11(3)9-12(4)21(15)20-13/h9,22H,5-8,10H2,1-4H3,(H,17,23). The molecule has 0 aliphatic rings. The summed E-state index contributed by atoms with van der Waals surface area (Å²) in [4.78, 5) is 20.9. The summed E-state index contributed by atoms with van der Waals surface area (Å²) in [6, 6.07) is 1.89. The molecule has 1 amide bonds. The van der Waals surface area contributed by atoms with Crippen molar-refractivity contribution in [2.45, 2.75) is 47.0 Å². The number of aryl methyl sites for hydroxylation is 2. The fraction of sp³-hybridized carbons (Fsp3) is 0.625. The molecule has 0 aliphatic heterocycles. The van der Waals surface area contributed by atoms with Crippen LogP contribution in [0.5, 0.6) is 0 Å². The molecule has 126 valence electrons. The maximum absolute atomic E-state index is 12.4. The van der Waals surface area contributed by atoms with Crippen LogP contribution >= 0.6 is 0 Å². The Hall–Kier alpha value is -2.02. The molecular weight excluding hydrogens is 294 g/mol. The minimum atomic E-state index is -0.309. The molecule has 0 saturated carbocycles. The number of carbonyl (C=O) groups excluding carboxylic acids is 1. The Kier molecular flexibility index (Phi) is 5.30. The van der Waals surface area contributed by atoms with Gasteiger partial charge in [-0.1, -0.05) is 13.8 Å². The number of amides is 1. The summed E-state index contributed by atoms with van der Waals surface area (Å²) in [5.74, 6) is 0.244. The number of rotatable bonds is 7. The van der Waals surface area contributed by atoms with Gasteiger partial charge in [0.25, 0.3) is 11.7 Å². The van der Waals surface area contributed by atoms with E-state index in [1.807, 2.05) is 19.9 Å². The Morgan fingerprint density at radius 2 is 2.00 bits per heavy atom. The molecule has 0 fully saturated rings. The highest BCUT2D eigenvalue weighted by atomic mass is 16.3. The lowest BCUT2D eigenvalue weighted by Crippen LogP contribution is -2.38. The zero-order valence-corrected chi connectivity index (χ0v) is 14.3. The van der Waals surface area contributed by atoms with Gasteiger partial charge in [-0.2, -0.15) is 4.98 Å². The molecule has 0 aromatic carbocycles. The molecule has 2 aromatic rings. The minimum absolute atomic E-state index is 0.0890. The number of nitrogens with zero attached hydrogens (tertiary/aromatic N) is 4. The summed E-state index contributed by atoms with van der Waals surface area (Å²) >= 11 is 0. The third-order valence-corrected chi connectivity index (χ3v) is 4.59. The van der Waals surface area contributed by atoms with Gasteiger partial charge in [-0.15, -0.1) is 5.10 Å². The van der Waals surface area contributed by atoms with E-state index in [4.69, 9.17) is 0 Å². The van der Waals surface area contributed by atoms with Crippen LogP contribution in [0.25, 0.3) is 5.78 Å². The van der Waals surface area contributed by atoms with E-state index in [2.05, 4.69) is 34.2 Å². The van der Waals surface area contributed by atoms with Crippen molar-refractivity contribution in [2.24, 2.45) is 5.41 Å². The Morgan fingerprint density at radius 3 is 2.61 bits per heavy atom. The fourth-order valence-electron chi connectivity index (χ4n) is 2.79. The zero-order chi connectivity index (χ0) is 17.0. The van der Waals surface area contributed by atoms with Crippen molar-refractivity contribution in [1.82, 2.24) is 24.9 Å². The van der Waals surface area contributed by atoms with E-state index in [0.29, 0.717) is 18.7 Å². The fourth-order valence-corrected chi connectivity index (χ4v) is 2.79. The van der Waals surface area contributed by atoms with Crippen LogP contribution in [0.4, 0.5) is 0 Å². The summed E-state index contributed by atoms with van der Waals surface area (Å²) < 4.78 is 1.57. The van der Waals surface area contributed by atoms with E-state index in [-0.39, 0.29) is 23.8 Å². The maximum Gasteiger partial charge on any atom is 0.291 e. The van der Waals surface area contributed by atoms with E-state index >= 15 is 0 Å². The predicted octanol–water partition coefficient (Wildman–Crippen LogP) is 1.66. The molecule has 2 N–H and O–H groups in total. The molecule has 0 radical (unpaired) electrons. The lowest BCUT2D eigenvalue weighted by atomic mass is 9.79. The van der Waals surface area contributed by atoms with Gasteiger partial charge in [-0.25, -0.2) is 9.50 Å². The molecule has 0 spiro atoms. The van der Waals surface area contributed by atoms with Crippen molar-refractivity contribution in [2.75, 3.05) is 13.2 Å². The van der Waals surface area contributed by atoms with Gasteiger partial charge < -0.3 is 10.4 Å². The topological polar surface area (TPSA) is 92.4 Å². The number of aliphatic hydroxyl groups is 1. The zero-order valence-electron chi connectivity index (χ0n) is 14.3. The van der Waals surface area contributed by atoms with Gasteiger partial charge in [-0.05, 0) is 44.6 Å². The lowest BCUT2D eigenvalue weighted by Gasteiger charge is -2.31. The third-order valence-electron chi connectivity index (χ3n) is 4.59. The summed E-state index contributed by atoms with van der Waals surface area (Å²) in [6.07, 6.45) is 2.45. The smallest absolute Gasteiger partial charge is 0.291 e. The van der Waals surface area contributed by atoms with Crippen LogP contribution in [0.2, 0.25) is 0 Å². The minimum Gasteiger partial charge on any atom is -0.396 e. The average Bonchev–Trinajstić information content (AvgIpc) is 2.95. The van der Waals surface area contributed by atoms with Gasteiger partial charge in [-0.3, -0.25) is 4.79 Å². The van der Waals surface area contributed by atoms with Gasteiger partial charge >= 0.3 is 0 Å². The first-order valence-corrected chi connectivity index (χ1v) is 8.04. The number of carbonyl (C=O) groups is 1. The van der Waals surface area contributed by atoms with E-state index in [9.17, 15) is 9.90 Å². The predicted molar refractivity (Wildman–Crippen MR) is 87.3 cm³/mol. The molecule has 0 unspecified atom stereocenters. The lowest BCUT2D eigenvalue weighted by molar-refractivity contribution is 0.0897. The van der Waals surface area contributed by atoms with Crippen molar-refractivity contribution >= 4 is 11.7 Å². The summed E-state index contributed by atoms with van der Waals surface area (Å²) in [7, 11) is 0. The first-order valence-electron chi connectivity index (χ1n) is 8.04. The molecule has 0 bridgehead atoms. The Bertz CT molecular complexity index is 691. The molecule has 2 aromatic heterocycles. The van der Waals surface area contributed by atoms with Crippen molar-refractivity contribution in [3.8, 4) is 0 Å². The van der Waals surface area contributed by atoms with Crippen molar-refractivity contribution in [1.29, 1.82) is 0 Å². The Balaban J connectivity index is 2.16. The number of aromatic nitrogens is 4. The van der Waals surface area contributed by atoms with Crippen LogP contribution in [0.1, 0.15) is 55.1 Å². The molecule has 23 heavy (non-hydrogen) atoms. The molecule has 2 heterocycles. The first kappa shape index (κ1) is 17.3. The molecule has 0 atom stereocenters. The maximum atomic E-state index is 12.4. The monoisotopic (exact) mass is 319 g/mol. The SMILES string of the molecule is CCC(CC)(CCO)CNC(=O)c1nc2nc(C)cc(C)n2n1. The molecule has 0 saturated heterocycles. The van der Waals surface area contributed by atoms with Gasteiger partial charge in [0.2, 0.25) is 5.82 Å². The van der Waals surface area contributed by atoms with Gasteiger partial charge in [0.1, 0.15) is 0 Å². The van der Waals surface area contributed by atoms with Crippen LogP contribution < -0.4 is 5.32 Å². The van der Waals surface area contributed by atoms with E-state index < -0.39 is 0 Å². The highest BCUT2D eigenvalue weighted by Crippen LogP contribution is 2.29. The van der Waals surface area contributed by atoms with Gasteiger partial charge in [0.05, 0.1) is 0 Å². The van der Waals surface area contributed by atoms with Crippen molar-refractivity contribution in [3.63, 3.8) is 0 Å². The van der Waals surface area contributed by atoms with E-state index in [1.165, 1.54) is 0 Å². The molecule has 7 heteroatoms. The number of nitrogens with one attached hydrogen (secondary N) is 1. The summed E-state index contributed by atoms with van der Waals surface area (Å²) in [6.45, 7) is 8.55. The van der Waals surface area contributed by atoms with E-state index in [1.54, 1.807) is 4.52 Å². The van der Waals surface area contributed by atoms with Crippen LogP contribution in [-0.4, -0.2) is 43.7 Å². The second-order valence-electron chi connectivity index (χ2n) is 6.05. The highest BCUT2D eigenvalue weighted by Gasteiger charge is 2.27. The number of hydrogen-bond acceptors (Lipinski definition) is 5. The van der Waals surface area contributed by atoms with Crippen molar-refractivity contribution < 1.29 is 9.90 Å². The summed E-state index contributed by atoms with van der Waals surface area (Å²) in [5, 5.41) is 16.4. The number of aliphatic hydroxyl groups excluding tert-OH is 1. The Morgan fingerprint density at radius 1 is 1.30 bits per heavy atom. The van der Waals surface area contributed by atoms with Gasteiger partial charge in [0.15, 0.2) is 0 Å². The van der Waals surface area contributed by atoms with Crippen LogP contribution in [0.3, 0.4) is 0 Å². The van der Waals surface area contributed by atoms with Crippen LogP contribution in [0.15, 0.2) is 6.07 Å². The van der Waals surface area contributed by atoms with Crippen LogP contribution in [0, 0.1) is 19.3 Å². The first-order chi connectivity index (χ1) is 10.9. The highest BCUT2D eigenvalue weighted by molar-refractivity contribution is 5.90. The second kappa shape index (κ2) is 7.04. The second-order valence-corrected chi connectivity index (χ2v) is 6.05. The normalized spacial score (nSPS) is 11.9. The summed E-state index contributed by atoms with van der Waals surface area (Å²) in [5.41, 5.74) is 1.64. The van der Waals surface area contributed by atoms with Crippen LogP contribution in [-0.2, 0) is 0 Å². The average molecular weight is 319 g/mol. The largest absolute Gasteiger partial charge is 0.396 e. The third kappa shape index (κ3) is 3.67. The number of fused-ring (bicyclic) bond motifs is 1. The van der Waals surface area contributed by atoms with E-state index in [0.717, 1.165) is 24.2 Å². The van der Waals surface area contributed by atoms with Gasteiger partial charge in [0, 0.05) is 24.5 Å². The number of hydrogen-bond donors (Lipinski definition) is 2. The van der Waals surface area contributed by atoms with Crippen molar-refractivity contribution in [3.05, 3.63) is 23.3 Å².